The number of aromatic nitrogens is 2. The molecule has 2 N–H and O–H groups in total. The molecule has 2 aromatic rings. The van der Waals surface area contributed by atoms with E-state index < -0.39 is 0 Å². The van der Waals surface area contributed by atoms with Crippen LogP contribution in [0.2, 0.25) is 0 Å². The van der Waals surface area contributed by atoms with Gasteiger partial charge in [-0.05, 0) is 37.5 Å². The summed E-state index contributed by atoms with van der Waals surface area (Å²) in [6.07, 6.45) is 4.09. The van der Waals surface area contributed by atoms with Crippen LogP contribution in [0.3, 0.4) is 0 Å². The van der Waals surface area contributed by atoms with Gasteiger partial charge in [-0.2, -0.15) is 16.9 Å². The summed E-state index contributed by atoms with van der Waals surface area (Å²) in [6, 6.07) is 10.2. The Morgan fingerprint density at radius 2 is 2.00 bits per heavy atom. The number of hydrogen-bond donors (Lipinski definition) is 1. The smallest absolute Gasteiger partial charge is 0.191 e. The third-order valence-electron chi connectivity index (χ3n) is 4.23. The topological polar surface area (TPSA) is 59.4 Å². The number of nitrogens with zero attached hydrogens (tertiary/aromatic N) is 4. The van der Waals surface area contributed by atoms with Gasteiger partial charge in [-0.25, -0.2) is 4.68 Å². The molecule has 128 valence electrons. The number of benzene rings is 1. The fourth-order valence-corrected chi connectivity index (χ4v) is 3.71. The molecule has 1 aliphatic heterocycles. The molecule has 1 fully saturated rings. The van der Waals surface area contributed by atoms with Gasteiger partial charge in [-0.3, -0.25) is 4.99 Å². The van der Waals surface area contributed by atoms with E-state index in [0.717, 1.165) is 55.4 Å². The molecular formula is C18H25N5S. The van der Waals surface area contributed by atoms with Crippen molar-refractivity contribution in [1.82, 2.24) is 14.7 Å². The SMILES string of the molecule is Cc1nn(-c2ccccc2)cc1CCCN=C(N)N1CCSCC1. The molecule has 0 unspecified atom stereocenters. The molecule has 0 saturated carbocycles. The number of para-hydroxylation sites is 1. The van der Waals surface area contributed by atoms with Gasteiger partial charge < -0.3 is 10.6 Å². The maximum absolute atomic E-state index is 6.09. The third-order valence-corrected chi connectivity index (χ3v) is 5.18. The van der Waals surface area contributed by atoms with Crippen molar-refractivity contribution in [3.63, 3.8) is 0 Å². The summed E-state index contributed by atoms with van der Waals surface area (Å²) >= 11 is 1.98. The van der Waals surface area contributed by atoms with Crippen LogP contribution in [0.25, 0.3) is 5.69 Å². The first kappa shape index (κ1) is 16.9. The zero-order valence-corrected chi connectivity index (χ0v) is 15.0. The van der Waals surface area contributed by atoms with Crippen LogP contribution in [0.1, 0.15) is 17.7 Å². The van der Waals surface area contributed by atoms with Crippen molar-refractivity contribution in [2.75, 3.05) is 31.1 Å². The predicted molar refractivity (Wildman–Crippen MR) is 102 cm³/mol. The van der Waals surface area contributed by atoms with E-state index in [4.69, 9.17) is 5.73 Å². The molecule has 3 rings (SSSR count). The van der Waals surface area contributed by atoms with E-state index in [9.17, 15) is 0 Å². The third kappa shape index (κ3) is 4.32. The molecule has 0 bridgehead atoms. The average molecular weight is 344 g/mol. The summed E-state index contributed by atoms with van der Waals surface area (Å²) in [4.78, 5) is 6.73. The van der Waals surface area contributed by atoms with Crippen LogP contribution in [-0.4, -0.2) is 51.8 Å². The molecule has 1 aliphatic rings. The van der Waals surface area contributed by atoms with Gasteiger partial charge in [0, 0.05) is 37.3 Å². The lowest BCUT2D eigenvalue weighted by molar-refractivity contribution is 0.455. The van der Waals surface area contributed by atoms with Crippen LogP contribution >= 0.6 is 11.8 Å². The molecule has 0 spiro atoms. The Hall–Kier alpha value is -1.95. The Kier molecular flexibility index (Phi) is 5.80. The number of nitrogens with two attached hydrogens (primary N) is 1. The van der Waals surface area contributed by atoms with E-state index in [1.165, 1.54) is 5.56 Å². The maximum Gasteiger partial charge on any atom is 0.191 e. The van der Waals surface area contributed by atoms with Gasteiger partial charge in [0.1, 0.15) is 0 Å². The molecule has 0 aliphatic carbocycles. The lowest BCUT2D eigenvalue weighted by atomic mass is 10.1. The fraction of sp³-hybridized carbons (Fsp3) is 0.444. The van der Waals surface area contributed by atoms with Crippen LogP contribution in [0, 0.1) is 6.92 Å². The molecule has 0 amide bonds. The minimum absolute atomic E-state index is 0.701. The zero-order chi connectivity index (χ0) is 16.8. The largest absolute Gasteiger partial charge is 0.370 e. The van der Waals surface area contributed by atoms with E-state index in [2.05, 4.69) is 40.2 Å². The van der Waals surface area contributed by atoms with Crippen LogP contribution in [-0.2, 0) is 6.42 Å². The maximum atomic E-state index is 6.09. The van der Waals surface area contributed by atoms with Crippen LogP contribution in [0.15, 0.2) is 41.5 Å². The minimum atomic E-state index is 0.701. The van der Waals surface area contributed by atoms with E-state index in [1.807, 2.05) is 34.6 Å². The Labute approximate surface area is 147 Å². The number of aryl methyl sites for hydroxylation is 2. The number of aliphatic imine (C=N–C) groups is 1. The molecule has 5 nitrogen and oxygen atoms in total. The molecule has 24 heavy (non-hydrogen) atoms. The highest BCUT2D eigenvalue weighted by molar-refractivity contribution is 7.99. The van der Waals surface area contributed by atoms with Gasteiger partial charge in [-0.1, -0.05) is 18.2 Å². The van der Waals surface area contributed by atoms with Gasteiger partial charge >= 0.3 is 0 Å². The van der Waals surface area contributed by atoms with Crippen LogP contribution in [0.4, 0.5) is 0 Å². The average Bonchev–Trinajstić information content (AvgIpc) is 3.01. The summed E-state index contributed by atoms with van der Waals surface area (Å²) in [6.45, 7) is 4.87. The highest BCUT2D eigenvalue weighted by atomic mass is 32.2. The van der Waals surface area contributed by atoms with E-state index in [-0.39, 0.29) is 0 Å². The van der Waals surface area contributed by atoms with Crippen LogP contribution < -0.4 is 5.73 Å². The number of thioether (sulfide) groups is 1. The molecule has 1 aromatic carbocycles. The van der Waals surface area contributed by atoms with E-state index >= 15 is 0 Å². The second-order valence-corrected chi connectivity index (χ2v) is 7.19. The first-order valence-corrected chi connectivity index (χ1v) is 9.62. The molecule has 0 atom stereocenters. The van der Waals surface area contributed by atoms with E-state index in [1.54, 1.807) is 0 Å². The lowest BCUT2D eigenvalue weighted by Gasteiger charge is -2.27. The van der Waals surface area contributed by atoms with Crippen molar-refractivity contribution in [2.24, 2.45) is 10.7 Å². The Balaban J connectivity index is 1.52. The normalized spacial score (nSPS) is 15.7. The van der Waals surface area contributed by atoms with Gasteiger partial charge in [0.25, 0.3) is 0 Å². The predicted octanol–water partition coefficient (Wildman–Crippen LogP) is 2.48. The molecular weight excluding hydrogens is 318 g/mol. The van der Waals surface area contributed by atoms with Crippen molar-refractivity contribution in [2.45, 2.75) is 19.8 Å². The second kappa shape index (κ2) is 8.24. The number of hydrogen-bond acceptors (Lipinski definition) is 3. The van der Waals surface area contributed by atoms with Gasteiger partial charge in [0.15, 0.2) is 5.96 Å². The van der Waals surface area contributed by atoms with Crippen LogP contribution in [0.5, 0.6) is 0 Å². The first-order chi connectivity index (χ1) is 11.7. The van der Waals surface area contributed by atoms with Crippen molar-refractivity contribution in [3.05, 3.63) is 47.8 Å². The second-order valence-electron chi connectivity index (χ2n) is 5.96. The van der Waals surface area contributed by atoms with E-state index in [0.29, 0.717) is 5.96 Å². The number of rotatable bonds is 5. The lowest BCUT2D eigenvalue weighted by Crippen LogP contribution is -2.42. The standard InChI is InChI=1S/C18H25N5S/c1-15-16(14-23(21-15)17-7-3-2-4-8-17)6-5-9-20-18(19)22-10-12-24-13-11-22/h2-4,7-8,14H,5-6,9-13H2,1H3,(H2,19,20). The summed E-state index contributed by atoms with van der Waals surface area (Å²) in [5.74, 6) is 2.99. The Morgan fingerprint density at radius 3 is 2.75 bits per heavy atom. The molecule has 6 heteroatoms. The quantitative estimate of drug-likeness (QED) is 0.515. The summed E-state index contributed by atoms with van der Waals surface area (Å²) in [7, 11) is 0. The van der Waals surface area contributed by atoms with Gasteiger partial charge in [-0.15, -0.1) is 0 Å². The summed E-state index contributed by atoms with van der Waals surface area (Å²) < 4.78 is 1.95. The fourth-order valence-electron chi connectivity index (χ4n) is 2.81. The Bertz CT molecular complexity index is 674. The van der Waals surface area contributed by atoms with Gasteiger partial charge in [0.2, 0.25) is 0 Å². The Morgan fingerprint density at radius 1 is 1.25 bits per heavy atom. The minimum Gasteiger partial charge on any atom is -0.370 e. The monoisotopic (exact) mass is 343 g/mol. The molecule has 1 aromatic heterocycles. The molecule has 2 heterocycles. The van der Waals surface area contributed by atoms with Crippen molar-refractivity contribution in [3.8, 4) is 5.69 Å². The summed E-state index contributed by atoms with van der Waals surface area (Å²) in [5.41, 5.74) is 9.55. The van der Waals surface area contributed by atoms with Gasteiger partial charge in [0.05, 0.1) is 11.4 Å². The summed E-state index contributed by atoms with van der Waals surface area (Å²) in [5, 5.41) is 4.61. The molecule has 0 radical (unpaired) electrons. The zero-order valence-electron chi connectivity index (χ0n) is 14.2. The highest BCUT2D eigenvalue weighted by Gasteiger charge is 2.12. The highest BCUT2D eigenvalue weighted by Crippen LogP contribution is 2.13. The number of guanidine groups is 1. The van der Waals surface area contributed by atoms with Crippen molar-refractivity contribution in [1.29, 1.82) is 0 Å². The first-order valence-electron chi connectivity index (χ1n) is 8.47. The van der Waals surface area contributed by atoms with Crippen molar-refractivity contribution < 1.29 is 0 Å². The molecule has 1 saturated heterocycles. The van der Waals surface area contributed by atoms with Crippen molar-refractivity contribution >= 4 is 17.7 Å².